The first kappa shape index (κ1) is 17.7. The van der Waals surface area contributed by atoms with Gasteiger partial charge in [-0.3, -0.25) is 4.79 Å². The normalized spacial score (nSPS) is 11.6. The fraction of sp³-hybridized carbons (Fsp3) is 0.136. The van der Waals surface area contributed by atoms with Gasteiger partial charge in [-0.2, -0.15) is 0 Å². The van der Waals surface area contributed by atoms with Gasteiger partial charge in [0, 0.05) is 6.07 Å². The Bertz CT molecular complexity index is 863. The monoisotopic (exact) mass is 349 g/mol. The molecule has 26 heavy (non-hydrogen) atoms. The van der Waals surface area contributed by atoms with Crippen LogP contribution in [-0.4, -0.2) is 12.5 Å². The predicted molar refractivity (Wildman–Crippen MR) is 99.5 cm³/mol. The molecule has 3 aromatic carbocycles. The minimum Gasteiger partial charge on any atom is -0.484 e. The highest BCUT2D eigenvalue weighted by atomic mass is 19.1. The van der Waals surface area contributed by atoms with Crippen molar-refractivity contribution < 1.29 is 13.9 Å². The highest BCUT2D eigenvalue weighted by Crippen LogP contribution is 2.22. The second kappa shape index (κ2) is 8.30. The maximum absolute atomic E-state index is 13.2. The van der Waals surface area contributed by atoms with Crippen molar-refractivity contribution in [3.05, 3.63) is 101 Å². The average Bonchev–Trinajstić information content (AvgIpc) is 2.66. The third-order valence-corrected chi connectivity index (χ3v) is 4.01. The standard InChI is InChI=1S/C22H20FNO2/c1-16-10-12-18(13-11-16)22(17-6-3-2-4-7-17)24-21(25)15-26-20-9-5-8-19(23)14-20/h2-14,22H,15H2,1H3,(H,24,25)/t22-/m1/s1. The second-order valence-electron chi connectivity index (χ2n) is 6.07. The number of rotatable bonds is 6. The minimum absolute atomic E-state index is 0.182. The molecule has 0 saturated carbocycles. The largest absolute Gasteiger partial charge is 0.484 e. The Labute approximate surface area is 152 Å². The van der Waals surface area contributed by atoms with Crippen LogP contribution in [0.3, 0.4) is 0 Å². The van der Waals surface area contributed by atoms with Gasteiger partial charge >= 0.3 is 0 Å². The first-order chi connectivity index (χ1) is 12.6. The van der Waals surface area contributed by atoms with Crippen molar-refractivity contribution in [3.63, 3.8) is 0 Å². The van der Waals surface area contributed by atoms with E-state index >= 15 is 0 Å². The summed E-state index contributed by atoms with van der Waals surface area (Å²) < 4.78 is 18.6. The molecule has 0 aromatic heterocycles. The summed E-state index contributed by atoms with van der Waals surface area (Å²) in [6.45, 7) is 1.84. The zero-order valence-corrected chi connectivity index (χ0v) is 14.5. The number of amides is 1. The van der Waals surface area contributed by atoms with E-state index in [1.165, 1.54) is 12.1 Å². The molecule has 0 unspecified atom stereocenters. The van der Waals surface area contributed by atoms with Crippen LogP contribution < -0.4 is 10.1 Å². The van der Waals surface area contributed by atoms with Gasteiger partial charge in [0.1, 0.15) is 11.6 Å². The molecule has 0 aliphatic carbocycles. The van der Waals surface area contributed by atoms with Gasteiger partial charge < -0.3 is 10.1 Å². The Morgan fingerprint density at radius 1 is 0.962 bits per heavy atom. The third kappa shape index (κ3) is 4.70. The topological polar surface area (TPSA) is 38.3 Å². The second-order valence-corrected chi connectivity index (χ2v) is 6.07. The summed E-state index contributed by atoms with van der Waals surface area (Å²) >= 11 is 0. The highest BCUT2D eigenvalue weighted by molar-refractivity contribution is 5.78. The SMILES string of the molecule is Cc1ccc([C@H](NC(=O)COc2cccc(F)c2)c2ccccc2)cc1. The lowest BCUT2D eigenvalue weighted by Gasteiger charge is -2.20. The van der Waals surface area contributed by atoms with Crippen molar-refractivity contribution in [1.29, 1.82) is 0 Å². The predicted octanol–water partition coefficient (Wildman–Crippen LogP) is 4.42. The van der Waals surface area contributed by atoms with Crippen molar-refractivity contribution in [2.24, 2.45) is 0 Å². The zero-order valence-electron chi connectivity index (χ0n) is 14.5. The van der Waals surface area contributed by atoms with Crippen molar-refractivity contribution in [3.8, 4) is 5.75 Å². The smallest absolute Gasteiger partial charge is 0.258 e. The molecule has 132 valence electrons. The Morgan fingerprint density at radius 3 is 2.35 bits per heavy atom. The molecule has 0 spiro atoms. The number of hydrogen-bond acceptors (Lipinski definition) is 2. The summed E-state index contributed by atoms with van der Waals surface area (Å²) in [6, 6.07) is 23.2. The quantitative estimate of drug-likeness (QED) is 0.715. The van der Waals surface area contributed by atoms with Crippen LogP contribution in [0.2, 0.25) is 0 Å². The van der Waals surface area contributed by atoms with E-state index in [9.17, 15) is 9.18 Å². The molecular weight excluding hydrogens is 329 g/mol. The van der Waals surface area contributed by atoms with Crippen LogP contribution in [0.4, 0.5) is 4.39 Å². The fourth-order valence-corrected chi connectivity index (χ4v) is 2.67. The van der Waals surface area contributed by atoms with Crippen LogP contribution in [0.25, 0.3) is 0 Å². The van der Waals surface area contributed by atoms with Crippen molar-refractivity contribution >= 4 is 5.91 Å². The van der Waals surface area contributed by atoms with E-state index in [1.807, 2.05) is 61.5 Å². The van der Waals surface area contributed by atoms with E-state index < -0.39 is 5.82 Å². The number of nitrogens with one attached hydrogen (secondary N) is 1. The number of aryl methyl sites for hydroxylation is 1. The van der Waals surface area contributed by atoms with Crippen molar-refractivity contribution in [2.75, 3.05) is 6.61 Å². The number of carbonyl (C=O) groups excluding carboxylic acids is 1. The Hall–Kier alpha value is -3.14. The lowest BCUT2D eigenvalue weighted by molar-refractivity contribution is -0.123. The zero-order chi connectivity index (χ0) is 18.4. The van der Waals surface area contributed by atoms with E-state index in [0.717, 1.165) is 16.7 Å². The van der Waals surface area contributed by atoms with Crippen LogP contribution in [0.5, 0.6) is 5.75 Å². The van der Waals surface area contributed by atoms with Gasteiger partial charge in [0.25, 0.3) is 5.91 Å². The molecule has 4 heteroatoms. The molecule has 0 radical (unpaired) electrons. The van der Waals surface area contributed by atoms with Crippen molar-refractivity contribution in [1.82, 2.24) is 5.32 Å². The highest BCUT2D eigenvalue weighted by Gasteiger charge is 2.17. The maximum Gasteiger partial charge on any atom is 0.258 e. The number of hydrogen-bond donors (Lipinski definition) is 1. The Kier molecular flexibility index (Phi) is 5.64. The third-order valence-electron chi connectivity index (χ3n) is 4.01. The van der Waals surface area contributed by atoms with Gasteiger partial charge in [-0.05, 0) is 30.2 Å². The summed E-state index contributed by atoms with van der Waals surface area (Å²) in [5.41, 5.74) is 3.12. The summed E-state index contributed by atoms with van der Waals surface area (Å²) in [6.07, 6.45) is 0. The van der Waals surface area contributed by atoms with Crippen LogP contribution in [-0.2, 0) is 4.79 Å². The lowest BCUT2D eigenvalue weighted by atomic mass is 9.98. The summed E-state index contributed by atoms with van der Waals surface area (Å²) in [5.74, 6) is -0.347. The Balaban J connectivity index is 1.73. The molecule has 0 aliphatic rings. The molecule has 0 aliphatic heterocycles. The number of ether oxygens (including phenoxy) is 1. The summed E-state index contributed by atoms with van der Waals surface area (Å²) in [4.78, 5) is 12.4. The van der Waals surface area contributed by atoms with Crippen LogP contribution in [0.15, 0.2) is 78.9 Å². The average molecular weight is 349 g/mol. The van der Waals surface area contributed by atoms with Crippen LogP contribution in [0, 0.1) is 12.7 Å². The fourth-order valence-electron chi connectivity index (χ4n) is 2.67. The summed E-state index contributed by atoms with van der Waals surface area (Å²) in [5, 5.41) is 3.00. The number of carbonyl (C=O) groups is 1. The van der Waals surface area contributed by atoms with Gasteiger partial charge in [0.15, 0.2) is 6.61 Å². The van der Waals surface area contributed by atoms with Gasteiger partial charge in [-0.15, -0.1) is 0 Å². The Morgan fingerprint density at radius 2 is 1.65 bits per heavy atom. The molecule has 1 amide bonds. The first-order valence-corrected chi connectivity index (χ1v) is 8.41. The summed E-state index contributed by atoms with van der Waals surface area (Å²) in [7, 11) is 0. The molecule has 0 saturated heterocycles. The maximum atomic E-state index is 13.2. The lowest BCUT2D eigenvalue weighted by Crippen LogP contribution is -2.33. The molecule has 1 atom stereocenters. The minimum atomic E-state index is -0.398. The van der Waals surface area contributed by atoms with E-state index in [2.05, 4.69) is 5.32 Å². The molecule has 3 rings (SSSR count). The molecule has 3 nitrogen and oxygen atoms in total. The van der Waals surface area contributed by atoms with E-state index in [1.54, 1.807) is 12.1 Å². The molecule has 0 heterocycles. The van der Waals surface area contributed by atoms with Gasteiger partial charge in [0.05, 0.1) is 6.04 Å². The van der Waals surface area contributed by atoms with E-state index in [4.69, 9.17) is 4.74 Å². The number of benzene rings is 3. The molecule has 0 bridgehead atoms. The van der Waals surface area contributed by atoms with Gasteiger partial charge in [-0.25, -0.2) is 4.39 Å². The van der Waals surface area contributed by atoms with Crippen molar-refractivity contribution in [2.45, 2.75) is 13.0 Å². The van der Waals surface area contributed by atoms with E-state index in [0.29, 0.717) is 5.75 Å². The van der Waals surface area contributed by atoms with E-state index in [-0.39, 0.29) is 18.6 Å². The van der Waals surface area contributed by atoms with Gasteiger partial charge in [0.2, 0.25) is 0 Å². The molecular formula is C22H20FNO2. The number of halogens is 1. The van der Waals surface area contributed by atoms with Gasteiger partial charge in [-0.1, -0.05) is 66.2 Å². The molecule has 0 fully saturated rings. The molecule has 1 N–H and O–H groups in total. The van der Waals surface area contributed by atoms with Crippen LogP contribution >= 0.6 is 0 Å². The van der Waals surface area contributed by atoms with Crippen LogP contribution in [0.1, 0.15) is 22.7 Å². The first-order valence-electron chi connectivity index (χ1n) is 8.41. The molecule has 3 aromatic rings.